The molecule has 2 aromatic carbocycles. The van der Waals surface area contributed by atoms with Gasteiger partial charge in [-0.2, -0.15) is 13.2 Å². The molecule has 3 aromatic rings. The van der Waals surface area contributed by atoms with Crippen LogP contribution in [0.3, 0.4) is 0 Å². The van der Waals surface area contributed by atoms with Gasteiger partial charge in [-0.1, -0.05) is 30.3 Å². The van der Waals surface area contributed by atoms with Gasteiger partial charge in [0.2, 0.25) is 0 Å². The van der Waals surface area contributed by atoms with Gasteiger partial charge < -0.3 is 19.5 Å². The molecule has 0 aliphatic heterocycles. The molecule has 0 bridgehead atoms. The van der Waals surface area contributed by atoms with Crippen LogP contribution in [0.4, 0.5) is 13.2 Å². The molecule has 0 aliphatic carbocycles. The molecule has 1 aromatic heterocycles. The Morgan fingerprint density at radius 2 is 1.62 bits per heavy atom. The zero-order valence-electron chi connectivity index (χ0n) is 17.1. The van der Waals surface area contributed by atoms with E-state index in [0.717, 1.165) is 0 Å². The minimum atomic E-state index is -4.43. The number of halogens is 3. The number of carbonyl (C=O) groups excluding carboxylic acids is 1. The summed E-state index contributed by atoms with van der Waals surface area (Å²) in [6, 6.07) is 18.5. The third kappa shape index (κ3) is 7.19. The number of rotatable bonds is 9. The molecule has 32 heavy (non-hydrogen) atoms. The van der Waals surface area contributed by atoms with Gasteiger partial charge in [-0.25, -0.2) is 0 Å². The van der Waals surface area contributed by atoms with Crippen molar-refractivity contribution in [3.05, 3.63) is 78.6 Å². The van der Waals surface area contributed by atoms with Crippen molar-refractivity contribution in [1.29, 1.82) is 0 Å². The number of benzene rings is 2. The summed E-state index contributed by atoms with van der Waals surface area (Å²) in [6.45, 7) is 0.0440. The first kappa shape index (κ1) is 22.9. The number of para-hydroxylation sites is 3. The minimum Gasteiger partial charge on any atom is -0.483 e. The summed E-state index contributed by atoms with van der Waals surface area (Å²) in [4.78, 5) is 16.3. The van der Waals surface area contributed by atoms with Crippen molar-refractivity contribution < 1.29 is 32.2 Å². The number of hydrogen-bond donors (Lipinski definition) is 1. The molecule has 0 saturated carbocycles. The second-order valence-corrected chi connectivity index (χ2v) is 6.76. The van der Waals surface area contributed by atoms with Gasteiger partial charge in [-0.15, -0.1) is 0 Å². The Morgan fingerprint density at radius 1 is 0.938 bits per heavy atom. The number of alkyl halides is 3. The van der Waals surface area contributed by atoms with Crippen LogP contribution in [0.2, 0.25) is 0 Å². The summed E-state index contributed by atoms with van der Waals surface area (Å²) < 4.78 is 52.6. The van der Waals surface area contributed by atoms with E-state index in [4.69, 9.17) is 9.47 Å². The average molecular weight is 446 g/mol. The second-order valence-electron chi connectivity index (χ2n) is 6.76. The fourth-order valence-corrected chi connectivity index (χ4v) is 2.67. The van der Waals surface area contributed by atoms with Crippen molar-refractivity contribution in [3.8, 4) is 23.0 Å². The summed E-state index contributed by atoms with van der Waals surface area (Å²) in [5.41, 5.74) is 0.463. The minimum absolute atomic E-state index is 0.0112. The third-order valence-corrected chi connectivity index (χ3v) is 4.16. The fraction of sp³-hybridized carbons (Fsp3) is 0.217. The van der Waals surface area contributed by atoms with E-state index in [1.807, 2.05) is 18.2 Å². The number of pyridine rings is 1. The summed E-state index contributed by atoms with van der Waals surface area (Å²) in [5, 5.41) is 2.72. The Morgan fingerprint density at radius 3 is 2.28 bits per heavy atom. The molecule has 1 atom stereocenters. The maximum absolute atomic E-state index is 12.3. The largest absolute Gasteiger partial charge is 0.483 e. The van der Waals surface area contributed by atoms with Gasteiger partial charge in [-0.3, -0.25) is 9.78 Å². The topological polar surface area (TPSA) is 69.7 Å². The van der Waals surface area contributed by atoms with Crippen LogP contribution in [0.25, 0.3) is 0 Å². The summed E-state index contributed by atoms with van der Waals surface area (Å²) in [5.74, 6) is 1.10. The number of carbonyl (C=O) groups is 1. The number of ether oxygens (including phenoxy) is 3. The highest BCUT2D eigenvalue weighted by Gasteiger charge is 2.28. The lowest BCUT2D eigenvalue weighted by Crippen LogP contribution is -2.31. The molecule has 0 aliphatic rings. The summed E-state index contributed by atoms with van der Waals surface area (Å²) in [7, 11) is 0. The van der Waals surface area contributed by atoms with Crippen LogP contribution in [0.5, 0.6) is 23.0 Å². The molecule has 3 rings (SSSR count). The standard InChI is InChI=1S/C23H21F3N2O4/c1-16(19-12-11-18(13-27-19)31-15-23(24,25)26)28-22(29)14-30-20-9-5-6-10-21(20)32-17-7-3-2-4-8-17/h2-13,16H,14-15H2,1H3,(H,28,29). The Bertz CT molecular complexity index is 1010. The van der Waals surface area contributed by atoms with E-state index >= 15 is 0 Å². The van der Waals surface area contributed by atoms with E-state index in [0.29, 0.717) is 22.9 Å². The number of hydrogen-bond acceptors (Lipinski definition) is 5. The van der Waals surface area contributed by atoms with E-state index in [2.05, 4.69) is 15.0 Å². The second kappa shape index (κ2) is 10.5. The first-order valence-electron chi connectivity index (χ1n) is 9.70. The van der Waals surface area contributed by atoms with Gasteiger partial charge in [0, 0.05) is 0 Å². The molecule has 0 saturated heterocycles. The smallest absolute Gasteiger partial charge is 0.422 e. The Labute approximate surface area is 183 Å². The van der Waals surface area contributed by atoms with Crippen LogP contribution >= 0.6 is 0 Å². The zero-order valence-corrected chi connectivity index (χ0v) is 17.1. The Kier molecular flexibility index (Phi) is 7.54. The third-order valence-electron chi connectivity index (χ3n) is 4.16. The molecule has 0 spiro atoms. The first-order chi connectivity index (χ1) is 15.3. The zero-order chi connectivity index (χ0) is 23.0. The number of aromatic nitrogens is 1. The number of nitrogens with one attached hydrogen (secondary N) is 1. The van der Waals surface area contributed by atoms with Crippen molar-refractivity contribution in [3.63, 3.8) is 0 Å². The highest BCUT2D eigenvalue weighted by Crippen LogP contribution is 2.31. The highest BCUT2D eigenvalue weighted by molar-refractivity contribution is 5.78. The van der Waals surface area contributed by atoms with Gasteiger partial charge in [0.25, 0.3) is 5.91 Å². The SMILES string of the molecule is CC(NC(=O)COc1ccccc1Oc1ccccc1)c1ccc(OCC(F)(F)F)cn1. The molecule has 6 nitrogen and oxygen atoms in total. The molecular weight excluding hydrogens is 425 g/mol. The van der Waals surface area contributed by atoms with Gasteiger partial charge in [0.1, 0.15) is 11.5 Å². The number of nitrogens with zero attached hydrogens (tertiary/aromatic N) is 1. The maximum Gasteiger partial charge on any atom is 0.422 e. The van der Waals surface area contributed by atoms with Crippen molar-refractivity contribution in [2.24, 2.45) is 0 Å². The van der Waals surface area contributed by atoms with Crippen molar-refractivity contribution in [1.82, 2.24) is 10.3 Å². The summed E-state index contributed by atoms with van der Waals surface area (Å²) in [6.07, 6.45) is -3.25. The maximum atomic E-state index is 12.3. The monoisotopic (exact) mass is 446 g/mol. The van der Waals surface area contributed by atoms with Gasteiger partial charge in [0.05, 0.1) is 17.9 Å². The lowest BCUT2D eigenvalue weighted by atomic mass is 10.2. The fourth-order valence-electron chi connectivity index (χ4n) is 2.67. The predicted octanol–water partition coefficient (Wildman–Crippen LogP) is 5.07. The molecule has 1 amide bonds. The van der Waals surface area contributed by atoms with Crippen molar-refractivity contribution in [2.75, 3.05) is 13.2 Å². The van der Waals surface area contributed by atoms with Crippen molar-refractivity contribution in [2.45, 2.75) is 19.1 Å². The lowest BCUT2D eigenvalue weighted by molar-refractivity contribution is -0.153. The van der Waals surface area contributed by atoms with Crippen LogP contribution in [-0.2, 0) is 4.79 Å². The van der Waals surface area contributed by atoms with Crippen LogP contribution < -0.4 is 19.5 Å². The van der Waals surface area contributed by atoms with E-state index in [1.165, 1.54) is 18.3 Å². The first-order valence-corrected chi connectivity index (χ1v) is 9.70. The molecule has 1 heterocycles. The highest BCUT2D eigenvalue weighted by atomic mass is 19.4. The van der Waals surface area contributed by atoms with Crippen LogP contribution in [0.15, 0.2) is 72.9 Å². The predicted molar refractivity (Wildman–Crippen MR) is 111 cm³/mol. The van der Waals surface area contributed by atoms with Crippen molar-refractivity contribution >= 4 is 5.91 Å². The van der Waals surface area contributed by atoms with E-state index < -0.39 is 24.7 Å². The number of amides is 1. The average Bonchev–Trinajstić information content (AvgIpc) is 2.77. The van der Waals surface area contributed by atoms with Gasteiger partial charge in [-0.05, 0) is 43.3 Å². The lowest BCUT2D eigenvalue weighted by Gasteiger charge is -2.16. The molecule has 1 unspecified atom stereocenters. The normalized spacial score (nSPS) is 12.0. The Hall–Kier alpha value is -3.75. The van der Waals surface area contributed by atoms with Crippen LogP contribution in [0.1, 0.15) is 18.7 Å². The molecule has 9 heteroatoms. The Balaban J connectivity index is 1.52. The van der Waals surface area contributed by atoms with Crippen LogP contribution in [0, 0.1) is 0 Å². The molecule has 168 valence electrons. The molecular formula is C23H21F3N2O4. The van der Waals surface area contributed by atoms with Crippen LogP contribution in [-0.4, -0.2) is 30.3 Å². The summed E-state index contributed by atoms with van der Waals surface area (Å²) >= 11 is 0. The molecule has 0 radical (unpaired) electrons. The van der Waals surface area contributed by atoms with Gasteiger partial charge in [0.15, 0.2) is 24.7 Å². The van der Waals surface area contributed by atoms with E-state index in [-0.39, 0.29) is 12.4 Å². The van der Waals surface area contributed by atoms with E-state index in [1.54, 1.807) is 43.3 Å². The van der Waals surface area contributed by atoms with Gasteiger partial charge >= 0.3 is 6.18 Å². The quantitative estimate of drug-likeness (QED) is 0.497. The molecule has 0 fully saturated rings. The molecule has 1 N–H and O–H groups in total. The van der Waals surface area contributed by atoms with E-state index in [9.17, 15) is 18.0 Å².